The average molecular weight is 334 g/mol. The first-order valence-corrected chi connectivity index (χ1v) is 8.38. The predicted octanol–water partition coefficient (Wildman–Crippen LogP) is 2.84. The highest BCUT2D eigenvalue weighted by Crippen LogP contribution is 2.23. The molecule has 6 nitrogen and oxygen atoms in total. The average Bonchev–Trinajstić information content (AvgIpc) is 3.33. The minimum absolute atomic E-state index is 0.0152. The van der Waals surface area contributed by atoms with Gasteiger partial charge in [-0.15, -0.1) is 10.2 Å². The van der Waals surface area contributed by atoms with Crippen LogP contribution in [0.4, 0.5) is 0 Å². The van der Waals surface area contributed by atoms with Crippen molar-refractivity contribution in [3.8, 4) is 11.5 Å². The summed E-state index contributed by atoms with van der Waals surface area (Å²) in [6.45, 7) is 1.43. The fourth-order valence-corrected chi connectivity index (χ4v) is 3.12. The van der Waals surface area contributed by atoms with Crippen LogP contribution in [0.5, 0.6) is 0 Å². The second-order valence-corrected chi connectivity index (χ2v) is 6.19. The van der Waals surface area contributed by atoms with Gasteiger partial charge < -0.3 is 9.32 Å². The first-order chi connectivity index (χ1) is 12.3. The smallest absolute Gasteiger partial charge is 0.272 e. The number of hydrogen-bond donors (Lipinski definition) is 0. The number of likely N-dealkylation sites (tertiary alicyclic amines) is 1. The van der Waals surface area contributed by atoms with E-state index in [1.807, 2.05) is 47.4 Å². The summed E-state index contributed by atoms with van der Waals surface area (Å²) in [6.07, 6.45) is 3.26. The summed E-state index contributed by atoms with van der Waals surface area (Å²) < 4.78 is 5.77. The van der Waals surface area contributed by atoms with Crippen molar-refractivity contribution < 1.29 is 9.21 Å². The lowest BCUT2D eigenvalue weighted by atomic mass is 10.1. The molecule has 1 amide bonds. The quantitative estimate of drug-likeness (QED) is 0.733. The van der Waals surface area contributed by atoms with Gasteiger partial charge in [0, 0.05) is 31.3 Å². The predicted molar refractivity (Wildman–Crippen MR) is 91.7 cm³/mol. The summed E-state index contributed by atoms with van der Waals surface area (Å²) in [5.74, 6) is 1.47. The van der Waals surface area contributed by atoms with Gasteiger partial charge in [0.25, 0.3) is 5.91 Å². The summed E-state index contributed by atoms with van der Waals surface area (Å²) >= 11 is 0. The number of aromatic nitrogens is 3. The molecule has 2 aromatic heterocycles. The highest BCUT2D eigenvalue weighted by atomic mass is 16.4. The van der Waals surface area contributed by atoms with Crippen LogP contribution in [-0.2, 0) is 6.42 Å². The maximum absolute atomic E-state index is 12.4. The molecule has 3 heterocycles. The summed E-state index contributed by atoms with van der Waals surface area (Å²) in [7, 11) is 0. The van der Waals surface area contributed by atoms with Crippen LogP contribution in [0, 0.1) is 5.92 Å². The van der Waals surface area contributed by atoms with Crippen molar-refractivity contribution in [3.63, 3.8) is 0 Å². The molecule has 1 fully saturated rings. The number of carbonyl (C=O) groups excluding carboxylic acids is 1. The molecule has 0 radical (unpaired) electrons. The summed E-state index contributed by atoms with van der Waals surface area (Å²) in [6, 6.07) is 15.1. The van der Waals surface area contributed by atoms with E-state index in [0.717, 1.165) is 18.5 Å². The van der Waals surface area contributed by atoms with Crippen molar-refractivity contribution in [2.45, 2.75) is 12.8 Å². The van der Waals surface area contributed by atoms with E-state index in [1.165, 1.54) is 0 Å². The minimum Gasteiger partial charge on any atom is -0.421 e. The molecule has 1 saturated heterocycles. The highest BCUT2D eigenvalue weighted by molar-refractivity contribution is 5.92. The standard InChI is InChI=1S/C19H18N4O2/c24-19(16-8-4-5-10-20-16)23-11-9-14(13-23)12-17-21-22-18(25-17)15-6-2-1-3-7-15/h1-8,10,14H,9,11-13H2. The Bertz CT molecular complexity index is 848. The van der Waals surface area contributed by atoms with Gasteiger partial charge in [0.2, 0.25) is 11.8 Å². The van der Waals surface area contributed by atoms with E-state index in [-0.39, 0.29) is 5.91 Å². The summed E-state index contributed by atoms with van der Waals surface area (Å²) in [4.78, 5) is 18.4. The Morgan fingerprint density at radius 1 is 1.12 bits per heavy atom. The number of hydrogen-bond acceptors (Lipinski definition) is 5. The highest BCUT2D eigenvalue weighted by Gasteiger charge is 2.28. The molecule has 25 heavy (non-hydrogen) atoms. The van der Waals surface area contributed by atoms with Crippen LogP contribution >= 0.6 is 0 Å². The van der Waals surface area contributed by atoms with Gasteiger partial charge in [0.1, 0.15) is 5.69 Å². The van der Waals surface area contributed by atoms with Gasteiger partial charge in [0.05, 0.1) is 0 Å². The molecule has 0 aliphatic carbocycles. The molecule has 1 aromatic carbocycles. The maximum atomic E-state index is 12.4. The lowest BCUT2D eigenvalue weighted by Crippen LogP contribution is -2.29. The van der Waals surface area contributed by atoms with Crippen molar-refractivity contribution >= 4 is 5.91 Å². The van der Waals surface area contributed by atoms with Crippen LogP contribution in [0.2, 0.25) is 0 Å². The topological polar surface area (TPSA) is 72.1 Å². The molecule has 4 rings (SSSR count). The Hall–Kier alpha value is -3.02. The molecule has 1 atom stereocenters. The molecule has 0 spiro atoms. The second-order valence-electron chi connectivity index (χ2n) is 6.19. The third kappa shape index (κ3) is 3.42. The fourth-order valence-electron chi connectivity index (χ4n) is 3.12. The zero-order valence-electron chi connectivity index (χ0n) is 13.7. The molecule has 0 N–H and O–H groups in total. The van der Waals surface area contributed by atoms with E-state index in [4.69, 9.17) is 4.42 Å². The lowest BCUT2D eigenvalue weighted by molar-refractivity contribution is 0.0781. The molecule has 126 valence electrons. The Balaban J connectivity index is 1.39. The van der Waals surface area contributed by atoms with Gasteiger partial charge in [-0.2, -0.15) is 0 Å². The Morgan fingerprint density at radius 3 is 2.76 bits per heavy atom. The number of amides is 1. The van der Waals surface area contributed by atoms with Crippen LogP contribution in [0.15, 0.2) is 59.1 Å². The van der Waals surface area contributed by atoms with E-state index >= 15 is 0 Å². The van der Waals surface area contributed by atoms with Crippen molar-refractivity contribution in [2.24, 2.45) is 5.92 Å². The molecular weight excluding hydrogens is 316 g/mol. The van der Waals surface area contributed by atoms with Crippen molar-refractivity contribution in [3.05, 3.63) is 66.3 Å². The molecule has 3 aromatic rings. The Labute approximate surface area is 145 Å². The molecule has 0 bridgehead atoms. The van der Waals surface area contributed by atoms with Crippen LogP contribution in [0.1, 0.15) is 22.8 Å². The number of rotatable bonds is 4. The first-order valence-electron chi connectivity index (χ1n) is 8.38. The third-order valence-corrected chi connectivity index (χ3v) is 4.41. The maximum Gasteiger partial charge on any atom is 0.272 e. The normalized spacial score (nSPS) is 17.0. The zero-order chi connectivity index (χ0) is 17.1. The largest absolute Gasteiger partial charge is 0.421 e. The monoisotopic (exact) mass is 334 g/mol. The van der Waals surface area contributed by atoms with Gasteiger partial charge in [-0.25, -0.2) is 0 Å². The fraction of sp³-hybridized carbons (Fsp3) is 0.263. The van der Waals surface area contributed by atoms with Crippen molar-refractivity contribution in [1.82, 2.24) is 20.1 Å². The summed E-state index contributed by atoms with van der Waals surface area (Å²) in [5.41, 5.74) is 1.41. The number of nitrogens with zero attached hydrogens (tertiary/aromatic N) is 4. The summed E-state index contributed by atoms with van der Waals surface area (Å²) in [5, 5.41) is 8.27. The van der Waals surface area contributed by atoms with Gasteiger partial charge in [-0.3, -0.25) is 9.78 Å². The zero-order valence-corrected chi connectivity index (χ0v) is 13.7. The van der Waals surface area contributed by atoms with Crippen molar-refractivity contribution in [2.75, 3.05) is 13.1 Å². The van der Waals surface area contributed by atoms with Crippen LogP contribution in [0.3, 0.4) is 0 Å². The van der Waals surface area contributed by atoms with Crippen molar-refractivity contribution in [1.29, 1.82) is 0 Å². The molecule has 6 heteroatoms. The molecule has 1 aliphatic heterocycles. The van der Waals surface area contributed by atoms with Gasteiger partial charge in [-0.1, -0.05) is 24.3 Å². The van der Waals surface area contributed by atoms with Crippen LogP contribution in [-0.4, -0.2) is 39.1 Å². The van der Waals surface area contributed by atoms with E-state index in [1.54, 1.807) is 12.3 Å². The first kappa shape index (κ1) is 15.5. The Morgan fingerprint density at radius 2 is 1.96 bits per heavy atom. The molecule has 1 aliphatic rings. The third-order valence-electron chi connectivity index (χ3n) is 4.41. The number of pyridine rings is 1. The second kappa shape index (κ2) is 6.84. The van der Waals surface area contributed by atoms with Crippen LogP contribution < -0.4 is 0 Å². The Kier molecular flexibility index (Phi) is 4.24. The SMILES string of the molecule is O=C(c1ccccn1)N1CCC(Cc2nnc(-c3ccccc3)o2)C1. The minimum atomic E-state index is -0.0152. The van der Waals surface area contributed by atoms with Gasteiger partial charge >= 0.3 is 0 Å². The van der Waals surface area contributed by atoms with Crippen LogP contribution in [0.25, 0.3) is 11.5 Å². The number of carbonyl (C=O) groups is 1. The lowest BCUT2D eigenvalue weighted by Gasteiger charge is -2.15. The van der Waals surface area contributed by atoms with E-state index in [9.17, 15) is 4.79 Å². The van der Waals surface area contributed by atoms with E-state index < -0.39 is 0 Å². The van der Waals surface area contributed by atoms with E-state index in [0.29, 0.717) is 36.4 Å². The van der Waals surface area contributed by atoms with Gasteiger partial charge in [0.15, 0.2) is 0 Å². The van der Waals surface area contributed by atoms with E-state index in [2.05, 4.69) is 15.2 Å². The molecular formula is C19H18N4O2. The van der Waals surface area contributed by atoms with Gasteiger partial charge in [-0.05, 0) is 36.6 Å². The molecule has 1 unspecified atom stereocenters. The molecule has 0 saturated carbocycles. The number of benzene rings is 1.